The highest BCUT2D eigenvalue weighted by Crippen LogP contribution is 2.31. The highest BCUT2D eigenvalue weighted by Gasteiger charge is 2.26. The number of halogens is 1. The first-order valence-corrected chi connectivity index (χ1v) is 6.35. The van der Waals surface area contributed by atoms with Gasteiger partial charge < -0.3 is 0 Å². The molecule has 1 aromatic rings. The molecule has 15 heavy (non-hydrogen) atoms. The van der Waals surface area contributed by atoms with Crippen molar-refractivity contribution in [3.8, 4) is 0 Å². The average Bonchev–Trinajstić information content (AvgIpc) is 2.64. The molecule has 2 unspecified atom stereocenters. The maximum atomic E-state index is 6.01. The van der Waals surface area contributed by atoms with E-state index in [4.69, 9.17) is 11.6 Å². The molecule has 2 bridgehead atoms. The molecule has 80 valence electrons. The van der Waals surface area contributed by atoms with Crippen molar-refractivity contribution in [2.24, 2.45) is 5.92 Å². The van der Waals surface area contributed by atoms with Crippen LogP contribution in [0, 0.1) is 5.92 Å². The van der Waals surface area contributed by atoms with E-state index in [2.05, 4.69) is 19.7 Å². The Morgan fingerprint density at radius 1 is 1.47 bits per heavy atom. The van der Waals surface area contributed by atoms with Gasteiger partial charge in [-0.2, -0.15) is 8.75 Å². The summed E-state index contributed by atoms with van der Waals surface area (Å²) in [6.45, 7) is 3.41. The van der Waals surface area contributed by atoms with Gasteiger partial charge in [0.25, 0.3) is 0 Å². The Hall–Kier alpha value is -0.450. The van der Waals surface area contributed by atoms with Gasteiger partial charge in [-0.1, -0.05) is 17.7 Å². The molecule has 0 saturated carbocycles. The van der Waals surface area contributed by atoms with Gasteiger partial charge in [0.15, 0.2) is 5.15 Å². The van der Waals surface area contributed by atoms with Crippen molar-refractivity contribution in [1.29, 1.82) is 0 Å². The predicted octanol–water partition coefficient (Wildman–Crippen LogP) is 2.30. The predicted molar refractivity (Wildman–Crippen MR) is 62.1 cm³/mol. The standard InChI is InChI=1S/C10H12ClN3S/c11-10-9(12-15-13-10)8-4-7-2-1-3-14(5-7)6-8/h4,7H,1-3,5-6H2. The van der Waals surface area contributed by atoms with Gasteiger partial charge in [0.05, 0.1) is 11.7 Å². The Morgan fingerprint density at radius 3 is 3.13 bits per heavy atom. The largest absolute Gasteiger partial charge is 0.298 e. The summed E-state index contributed by atoms with van der Waals surface area (Å²) in [6, 6.07) is 0. The lowest BCUT2D eigenvalue weighted by atomic mass is 9.90. The third-order valence-electron chi connectivity index (χ3n) is 3.13. The molecule has 3 heterocycles. The van der Waals surface area contributed by atoms with E-state index in [1.807, 2.05) is 0 Å². The zero-order valence-corrected chi connectivity index (χ0v) is 9.89. The summed E-state index contributed by atoms with van der Waals surface area (Å²) in [6.07, 6.45) is 4.96. The summed E-state index contributed by atoms with van der Waals surface area (Å²) in [5, 5.41) is 0.562. The van der Waals surface area contributed by atoms with Gasteiger partial charge in [-0.05, 0) is 30.9 Å². The second-order valence-corrected chi connectivity index (χ2v) is 5.12. The van der Waals surface area contributed by atoms with E-state index < -0.39 is 0 Å². The molecule has 0 amide bonds. The van der Waals surface area contributed by atoms with Gasteiger partial charge in [0.2, 0.25) is 0 Å². The normalized spacial score (nSPS) is 30.1. The van der Waals surface area contributed by atoms with Crippen LogP contribution in [-0.2, 0) is 0 Å². The fraction of sp³-hybridized carbons (Fsp3) is 0.600. The SMILES string of the molecule is Clc1nsnc1C1=CC2CCCN(C1)C2. The molecule has 3 nitrogen and oxygen atoms in total. The van der Waals surface area contributed by atoms with Gasteiger partial charge in [0.1, 0.15) is 5.69 Å². The first kappa shape index (κ1) is 9.75. The van der Waals surface area contributed by atoms with Crippen LogP contribution < -0.4 is 0 Å². The summed E-state index contributed by atoms with van der Waals surface area (Å²) >= 11 is 7.20. The van der Waals surface area contributed by atoms with Gasteiger partial charge in [0, 0.05) is 13.1 Å². The Morgan fingerprint density at radius 2 is 2.40 bits per heavy atom. The molecule has 0 N–H and O–H groups in total. The van der Waals surface area contributed by atoms with Crippen LogP contribution in [0.25, 0.3) is 5.57 Å². The van der Waals surface area contributed by atoms with Crippen LogP contribution in [-0.4, -0.2) is 33.3 Å². The van der Waals surface area contributed by atoms with Crippen LogP contribution in [0.4, 0.5) is 0 Å². The fourth-order valence-electron chi connectivity index (χ4n) is 2.47. The van der Waals surface area contributed by atoms with Crippen LogP contribution in [0.2, 0.25) is 5.15 Å². The monoisotopic (exact) mass is 241 g/mol. The minimum Gasteiger partial charge on any atom is -0.298 e. The van der Waals surface area contributed by atoms with E-state index in [1.54, 1.807) is 0 Å². The van der Waals surface area contributed by atoms with Crippen LogP contribution in [0.1, 0.15) is 18.5 Å². The lowest BCUT2D eigenvalue weighted by molar-refractivity contribution is 0.208. The molecule has 2 aliphatic rings. The second-order valence-electron chi connectivity index (χ2n) is 4.23. The van der Waals surface area contributed by atoms with Gasteiger partial charge in [-0.3, -0.25) is 4.90 Å². The number of nitrogens with zero attached hydrogens (tertiary/aromatic N) is 3. The molecular weight excluding hydrogens is 230 g/mol. The zero-order chi connectivity index (χ0) is 10.3. The summed E-state index contributed by atoms with van der Waals surface area (Å²) in [5.74, 6) is 0.695. The second kappa shape index (κ2) is 3.85. The number of piperidine rings is 1. The molecule has 1 fully saturated rings. The van der Waals surface area contributed by atoms with Crippen molar-refractivity contribution >= 4 is 28.9 Å². The van der Waals surface area contributed by atoms with E-state index in [1.165, 1.54) is 43.2 Å². The highest BCUT2D eigenvalue weighted by molar-refractivity contribution is 6.99. The highest BCUT2D eigenvalue weighted by atomic mass is 35.5. The Labute approximate surface area is 98.1 Å². The minimum atomic E-state index is 0.562. The smallest absolute Gasteiger partial charge is 0.170 e. The number of hydrogen-bond donors (Lipinski definition) is 0. The fourth-order valence-corrected chi connectivity index (χ4v) is 3.26. The van der Waals surface area contributed by atoms with Gasteiger partial charge >= 0.3 is 0 Å². The molecule has 0 aliphatic carbocycles. The Kier molecular flexibility index (Phi) is 2.50. The van der Waals surface area contributed by atoms with E-state index in [0.29, 0.717) is 11.1 Å². The van der Waals surface area contributed by atoms with Crippen molar-refractivity contribution in [3.63, 3.8) is 0 Å². The molecule has 2 aliphatic heterocycles. The molecule has 5 heteroatoms. The van der Waals surface area contributed by atoms with Gasteiger partial charge in [-0.25, -0.2) is 0 Å². The number of rotatable bonds is 1. The third-order valence-corrected chi connectivity index (χ3v) is 4.02. The minimum absolute atomic E-state index is 0.562. The van der Waals surface area contributed by atoms with Gasteiger partial charge in [-0.15, -0.1) is 0 Å². The summed E-state index contributed by atoms with van der Waals surface area (Å²) in [4.78, 5) is 2.49. The molecule has 0 radical (unpaired) electrons. The number of fused-ring (bicyclic) bond motifs is 2. The summed E-state index contributed by atoms with van der Waals surface area (Å²) in [7, 11) is 0. The lowest BCUT2D eigenvalue weighted by Crippen LogP contribution is -2.39. The molecule has 0 aromatic carbocycles. The maximum Gasteiger partial charge on any atom is 0.170 e. The maximum absolute atomic E-state index is 6.01. The van der Waals surface area contributed by atoms with Crippen LogP contribution >= 0.6 is 23.3 Å². The lowest BCUT2D eigenvalue weighted by Gasteiger charge is -2.36. The first-order chi connectivity index (χ1) is 7.33. The molecule has 2 atom stereocenters. The van der Waals surface area contributed by atoms with Crippen LogP contribution in [0.3, 0.4) is 0 Å². The number of hydrogen-bond acceptors (Lipinski definition) is 4. The number of aromatic nitrogens is 2. The third kappa shape index (κ3) is 1.82. The van der Waals surface area contributed by atoms with Crippen LogP contribution in [0.5, 0.6) is 0 Å². The summed E-state index contributed by atoms with van der Waals surface area (Å²) < 4.78 is 8.29. The van der Waals surface area contributed by atoms with Crippen molar-refractivity contribution in [1.82, 2.24) is 13.6 Å². The first-order valence-electron chi connectivity index (χ1n) is 5.24. The molecule has 3 rings (SSSR count). The van der Waals surface area contributed by atoms with Crippen molar-refractivity contribution in [2.75, 3.05) is 19.6 Å². The average molecular weight is 242 g/mol. The quantitative estimate of drug-likeness (QED) is 0.756. The molecule has 0 spiro atoms. The van der Waals surface area contributed by atoms with E-state index in [9.17, 15) is 0 Å². The summed E-state index contributed by atoms with van der Waals surface area (Å²) in [5.41, 5.74) is 2.17. The Bertz CT molecular complexity index is 401. The van der Waals surface area contributed by atoms with Crippen LogP contribution in [0.15, 0.2) is 6.08 Å². The molecular formula is C10H12ClN3S. The topological polar surface area (TPSA) is 29.0 Å². The van der Waals surface area contributed by atoms with Crippen molar-refractivity contribution in [2.45, 2.75) is 12.8 Å². The zero-order valence-electron chi connectivity index (χ0n) is 8.32. The van der Waals surface area contributed by atoms with E-state index in [0.717, 1.165) is 12.2 Å². The molecule has 1 aromatic heterocycles. The molecule has 1 saturated heterocycles. The van der Waals surface area contributed by atoms with Crippen molar-refractivity contribution < 1.29 is 0 Å². The van der Waals surface area contributed by atoms with E-state index >= 15 is 0 Å². The van der Waals surface area contributed by atoms with E-state index in [-0.39, 0.29) is 0 Å². The van der Waals surface area contributed by atoms with Crippen molar-refractivity contribution in [3.05, 3.63) is 16.9 Å². The Balaban J connectivity index is 1.93.